The van der Waals surface area contributed by atoms with Crippen LogP contribution in [0.5, 0.6) is 23.0 Å². The summed E-state index contributed by atoms with van der Waals surface area (Å²) in [6.07, 6.45) is 1.48. The Kier molecular flexibility index (Phi) is 10.9. The zero-order chi connectivity index (χ0) is 29.9. The molecular weight excluding hydrogens is 620 g/mol. The molecule has 0 aliphatic rings. The predicted molar refractivity (Wildman–Crippen MR) is 167 cm³/mol. The summed E-state index contributed by atoms with van der Waals surface area (Å²) in [6, 6.07) is 27.7. The molecule has 0 saturated carbocycles. The molecule has 42 heavy (non-hydrogen) atoms. The molecule has 9 heteroatoms. The molecular formula is C33H28BrClN2O5. The quantitative estimate of drug-likeness (QED) is 0.123. The molecule has 0 spiro atoms. The van der Waals surface area contributed by atoms with E-state index in [0.29, 0.717) is 57.0 Å². The molecule has 0 bridgehead atoms. The lowest BCUT2D eigenvalue weighted by Crippen LogP contribution is -2.13. The van der Waals surface area contributed by atoms with Crippen LogP contribution in [0.1, 0.15) is 23.6 Å². The van der Waals surface area contributed by atoms with Crippen LogP contribution in [0.25, 0.3) is 6.08 Å². The topological polar surface area (TPSA) is 89.8 Å². The molecule has 1 N–H and O–H groups in total. The van der Waals surface area contributed by atoms with Gasteiger partial charge in [0.25, 0.3) is 5.91 Å². The van der Waals surface area contributed by atoms with Gasteiger partial charge in [0.05, 0.1) is 18.2 Å². The number of halogens is 2. The number of methoxy groups -OCH3 is 1. The average Bonchev–Trinajstić information content (AvgIpc) is 2.99. The highest BCUT2D eigenvalue weighted by molar-refractivity contribution is 9.10. The summed E-state index contributed by atoms with van der Waals surface area (Å²) in [5.74, 6) is 1.61. The van der Waals surface area contributed by atoms with Gasteiger partial charge in [0, 0.05) is 10.7 Å². The van der Waals surface area contributed by atoms with Gasteiger partial charge in [0.1, 0.15) is 24.9 Å². The minimum atomic E-state index is -0.556. The maximum Gasteiger partial charge on any atom is 0.266 e. The van der Waals surface area contributed by atoms with Crippen molar-refractivity contribution in [3.63, 3.8) is 0 Å². The Morgan fingerprint density at radius 3 is 2.40 bits per heavy atom. The van der Waals surface area contributed by atoms with Crippen molar-refractivity contribution in [1.29, 1.82) is 5.26 Å². The van der Waals surface area contributed by atoms with Gasteiger partial charge >= 0.3 is 0 Å². The molecule has 214 valence electrons. The number of benzene rings is 4. The van der Waals surface area contributed by atoms with Crippen LogP contribution in [0.3, 0.4) is 0 Å². The van der Waals surface area contributed by atoms with E-state index in [9.17, 15) is 10.1 Å². The van der Waals surface area contributed by atoms with Gasteiger partial charge in [-0.15, -0.1) is 0 Å². The van der Waals surface area contributed by atoms with Gasteiger partial charge in [-0.3, -0.25) is 4.79 Å². The summed E-state index contributed by atoms with van der Waals surface area (Å²) in [6.45, 7) is 2.90. The van der Waals surface area contributed by atoms with Crippen molar-refractivity contribution in [3.05, 3.63) is 117 Å². The molecule has 7 nitrogen and oxygen atoms in total. The molecule has 4 aromatic rings. The zero-order valence-electron chi connectivity index (χ0n) is 23.0. The van der Waals surface area contributed by atoms with E-state index in [1.54, 1.807) is 43.5 Å². The van der Waals surface area contributed by atoms with Crippen molar-refractivity contribution >= 4 is 45.2 Å². The number of amides is 1. The SMILES string of the molecule is CCOc1cc(/C=C(/C#N)C(=O)Nc2cccc(Cl)c2)cc(Br)c1OCc1ccc(OCc2ccccc2)c(OC)c1. The maximum atomic E-state index is 12.7. The molecule has 0 fully saturated rings. The molecule has 0 atom stereocenters. The molecule has 1 amide bonds. The van der Waals surface area contributed by atoms with Crippen molar-refractivity contribution in [1.82, 2.24) is 0 Å². The molecule has 0 unspecified atom stereocenters. The fourth-order valence-electron chi connectivity index (χ4n) is 3.97. The Labute approximate surface area is 258 Å². The third kappa shape index (κ3) is 8.29. The first-order valence-corrected chi connectivity index (χ1v) is 14.2. The van der Waals surface area contributed by atoms with Crippen LogP contribution >= 0.6 is 27.5 Å². The second kappa shape index (κ2) is 15.0. The van der Waals surface area contributed by atoms with E-state index >= 15 is 0 Å². The Hall–Kier alpha value is -4.45. The van der Waals surface area contributed by atoms with Crippen molar-refractivity contribution < 1.29 is 23.7 Å². The molecule has 4 rings (SSSR count). The van der Waals surface area contributed by atoms with Crippen LogP contribution in [-0.4, -0.2) is 19.6 Å². The minimum Gasteiger partial charge on any atom is -0.493 e. The fourth-order valence-corrected chi connectivity index (χ4v) is 4.73. The van der Waals surface area contributed by atoms with Crippen LogP contribution in [-0.2, 0) is 18.0 Å². The minimum absolute atomic E-state index is 0.0836. The average molecular weight is 648 g/mol. The Bertz CT molecular complexity index is 1620. The molecule has 0 radical (unpaired) electrons. The van der Waals surface area contributed by atoms with Crippen LogP contribution in [0.15, 0.2) is 95.0 Å². The Balaban J connectivity index is 1.49. The number of ether oxygens (including phenoxy) is 4. The van der Waals surface area contributed by atoms with Crippen LogP contribution in [0.2, 0.25) is 5.02 Å². The van der Waals surface area contributed by atoms with Gasteiger partial charge < -0.3 is 24.3 Å². The zero-order valence-corrected chi connectivity index (χ0v) is 25.4. The maximum absolute atomic E-state index is 12.7. The highest BCUT2D eigenvalue weighted by Crippen LogP contribution is 2.38. The van der Waals surface area contributed by atoms with E-state index in [2.05, 4.69) is 21.2 Å². The first-order valence-electron chi connectivity index (χ1n) is 13.0. The number of hydrogen-bond acceptors (Lipinski definition) is 6. The van der Waals surface area contributed by atoms with Gasteiger partial charge in [-0.2, -0.15) is 5.26 Å². The van der Waals surface area contributed by atoms with Crippen molar-refractivity contribution in [3.8, 4) is 29.1 Å². The Morgan fingerprint density at radius 2 is 1.69 bits per heavy atom. The summed E-state index contributed by atoms with van der Waals surface area (Å²) >= 11 is 9.56. The third-order valence-corrected chi connectivity index (χ3v) is 6.76. The Morgan fingerprint density at radius 1 is 0.905 bits per heavy atom. The van der Waals surface area contributed by atoms with Crippen LogP contribution in [0, 0.1) is 11.3 Å². The highest BCUT2D eigenvalue weighted by Gasteiger charge is 2.16. The first kappa shape index (κ1) is 30.5. The molecule has 0 heterocycles. The predicted octanol–water partition coefficient (Wildman–Crippen LogP) is 8.21. The summed E-state index contributed by atoms with van der Waals surface area (Å²) in [7, 11) is 1.59. The number of anilines is 1. The van der Waals surface area contributed by atoms with Crippen molar-refractivity contribution in [2.24, 2.45) is 0 Å². The standard InChI is InChI=1S/C33H28BrClN2O5/c1-3-40-31-17-24(14-25(19-36)33(38)37-27-11-7-10-26(35)18-27)15-28(34)32(31)42-21-23-12-13-29(30(16-23)39-2)41-20-22-8-5-4-6-9-22/h4-18H,3,20-21H2,1-2H3,(H,37,38)/b25-14-. The van der Waals surface area contributed by atoms with Gasteiger partial charge in [0.15, 0.2) is 23.0 Å². The smallest absolute Gasteiger partial charge is 0.266 e. The number of carbonyl (C=O) groups excluding carboxylic acids is 1. The first-order chi connectivity index (χ1) is 20.4. The summed E-state index contributed by atoms with van der Waals surface area (Å²) < 4.78 is 24.1. The van der Waals surface area contributed by atoms with Crippen molar-refractivity contribution in [2.75, 3.05) is 19.0 Å². The molecule has 0 aliphatic heterocycles. The lowest BCUT2D eigenvalue weighted by molar-refractivity contribution is -0.112. The molecule has 0 aromatic heterocycles. The lowest BCUT2D eigenvalue weighted by Gasteiger charge is -2.16. The van der Waals surface area contributed by atoms with Crippen molar-refractivity contribution in [2.45, 2.75) is 20.1 Å². The summed E-state index contributed by atoms with van der Waals surface area (Å²) in [4.78, 5) is 12.7. The number of hydrogen-bond donors (Lipinski definition) is 1. The number of nitriles is 1. The summed E-state index contributed by atoms with van der Waals surface area (Å²) in [5, 5.41) is 12.8. The van der Waals surface area contributed by atoms with Gasteiger partial charge in [-0.05, 0) is 88.1 Å². The molecule has 0 saturated heterocycles. The largest absolute Gasteiger partial charge is 0.493 e. The normalized spacial score (nSPS) is 10.9. The molecule has 0 aliphatic carbocycles. The summed E-state index contributed by atoms with van der Waals surface area (Å²) in [5.41, 5.74) is 2.90. The van der Waals surface area contributed by atoms with Gasteiger partial charge in [-0.1, -0.05) is 54.1 Å². The van der Waals surface area contributed by atoms with E-state index in [1.165, 1.54) is 6.08 Å². The highest BCUT2D eigenvalue weighted by atomic mass is 79.9. The van der Waals surface area contributed by atoms with E-state index in [4.69, 9.17) is 30.5 Å². The van der Waals surface area contributed by atoms with E-state index < -0.39 is 5.91 Å². The number of nitrogens with one attached hydrogen (secondary N) is 1. The van der Waals surface area contributed by atoms with E-state index in [0.717, 1.165) is 11.1 Å². The van der Waals surface area contributed by atoms with Crippen LogP contribution in [0.4, 0.5) is 5.69 Å². The fraction of sp³-hybridized carbons (Fsp3) is 0.152. The lowest BCUT2D eigenvalue weighted by atomic mass is 10.1. The van der Waals surface area contributed by atoms with E-state index in [-0.39, 0.29) is 12.2 Å². The number of carbonyl (C=O) groups is 1. The third-order valence-electron chi connectivity index (χ3n) is 5.94. The molecule has 4 aromatic carbocycles. The monoisotopic (exact) mass is 646 g/mol. The second-order valence-corrected chi connectivity index (χ2v) is 10.2. The number of rotatable bonds is 12. The van der Waals surface area contributed by atoms with Gasteiger partial charge in [-0.25, -0.2) is 0 Å². The van der Waals surface area contributed by atoms with E-state index in [1.807, 2.05) is 61.5 Å². The van der Waals surface area contributed by atoms with Gasteiger partial charge in [0.2, 0.25) is 0 Å². The second-order valence-electron chi connectivity index (χ2n) is 8.95. The van der Waals surface area contributed by atoms with Crippen LogP contribution < -0.4 is 24.3 Å². The number of nitrogens with zero attached hydrogens (tertiary/aromatic N) is 1.